The van der Waals surface area contributed by atoms with Gasteiger partial charge in [0.2, 0.25) is 0 Å². The van der Waals surface area contributed by atoms with E-state index in [2.05, 4.69) is 24.1 Å². The number of rotatable bonds is 4. The molecular formula is C16H25NO. The van der Waals surface area contributed by atoms with E-state index >= 15 is 0 Å². The Balaban J connectivity index is 1.93. The summed E-state index contributed by atoms with van der Waals surface area (Å²) in [7, 11) is 2.17. The van der Waals surface area contributed by atoms with Gasteiger partial charge in [-0.05, 0) is 43.4 Å². The molecular weight excluding hydrogens is 222 g/mol. The van der Waals surface area contributed by atoms with Gasteiger partial charge < -0.3 is 10.0 Å². The third-order valence-corrected chi connectivity index (χ3v) is 4.07. The normalized spacial score (nSPS) is 18.6. The maximum atomic E-state index is 9.50. The lowest BCUT2D eigenvalue weighted by Gasteiger charge is -2.28. The molecule has 1 aliphatic carbocycles. The molecule has 0 spiro atoms. The van der Waals surface area contributed by atoms with Gasteiger partial charge in [-0.2, -0.15) is 0 Å². The van der Waals surface area contributed by atoms with Crippen LogP contribution in [0.15, 0.2) is 24.3 Å². The van der Waals surface area contributed by atoms with Crippen LogP contribution >= 0.6 is 0 Å². The molecule has 0 unspecified atom stereocenters. The van der Waals surface area contributed by atoms with Crippen molar-refractivity contribution in [1.29, 1.82) is 0 Å². The number of anilines is 1. The molecule has 18 heavy (non-hydrogen) atoms. The molecule has 0 saturated heterocycles. The third-order valence-electron chi connectivity index (χ3n) is 4.07. The summed E-state index contributed by atoms with van der Waals surface area (Å²) in [4.78, 5) is 2.35. The molecule has 100 valence electrons. The molecule has 0 aromatic heterocycles. The second-order valence-corrected chi connectivity index (χ2v) is 5.65. The van der Waals surface area contributed by atoms with Gasteiger partial charge in [0.25, 0.3) is 0 Å². The fourth-order valence-corrected chi connectivity index (χ4v) is 2.87. The Bertz CT molecular complexity index is 352. The fraction of sp³-hybridized carbons (Fsp3) is 0.625. The molecule has 1 fully saturated rings. The van der Waals surface area contributed by atoms with Crippen molar-refractivity contribution in [2.24, 2.45) is 5.92 Å². The standard InChI is InChI=1S/C16H25NO/c1-13(18)15-8-10-16(11-9-15)17(2)12-14-6-4-3-5-7-14/h8-11,13-14,18H,3-7,12H2,1-2H3/t13-/m0/s1. The lowest BCUT2D eigenvalue weighted by Crippen LogP contribution is -2.26. The van der Waals surface area contributed by atoms with Gasteiger partial charge in [-0.15, -0.1) is 0 Å². The molecule has 1 saturated carbocycles. The molecule has 0 bridgehead atoms. The number of benzene rings is 1. The lowest BCUT2D eigenvalue weighted by atomic mass is 9.89. The topological polar surface area (TPSA) is 23.5 Å². The summed E-state index contributed by atoms with van der Waals surface area (Å²) in [5.74, 6) is 0.861. The van der Waals surface area contributed by atoms with E-state index in [-0.39, 0.29) is 6.10 Å². The van der Waals surface area contributed by atoms with Crippen LogP contribution in [0.1, 0.15) is 50.7 Å². The van der Waals surface area contributed by atoms with Crippen molar-refractivity contribution in [3.05, 3.63) is 29.8 Å². The molecule has 2 heteroatoms. The van der Waals surface area contributed by atoms with Crippen LogP contribution in [-0.4, -0.2) is 18.7 Å². The highest BCUT2D eigenvalue weighted by Crippen LogP contribution is 2.26. The summed E-state index contributed by atoms with van der Waals surface area (Å²) in [6.07, 6.45) is 6.62. The fourth-order valence-electron chi connectivity index (χ4n) is 2.87. The van der Waals surface area contributed by atoms with Gasteiger partial charge in [0.15, 0.2) is 0 Å². The highest BCUT2D eigenvalue weighted by atomic mass is 16.3. The number of nitrogens with zero attached hydrogens (tertiary/aromatic N) is 1. The van der Waals surface area contributed by atoms with Gasteiger partial charge in [0, 0.05) is 19.3 Å². The first-order valence-corrected chi connectivity index (χ1v) is 7.16. The zero-order valence-electron chi connectivity index (χ0n) is 11.6. The average molecular weight is 247 g/mol. The predicted molar refractivity (Wildman–Crippen MR) is 76.9 cm³/mol. The van der Waals surface area contributed by atoms with Gasteiger partial charge in [-0.3, -0.25) is 0 Å². The molecule has 2 nitrogen and oxygen atoms in total. The Labute approximate surface area is 111 Å². The lowest BCUT2D eigenvalue weighted by molar-refractivity contribution is 0.199. The molecule has 0 heterocycles. The van der Waals surface area contributed by atoms with Crippen LogP contribution in [0.2, 0.25) is 0 Å². The monoisotopic (exact) mass is 247 g/mol. The Morgan fingerprint density at radius 2 is 1.78 bits per heavy atom. The van der Waals surface area contributed by atoms with Crippen LogP contribution in [0.25, 0.3) is 0 Å². The van der Waals surface area contributed by atoms with Crippen LogP contribution in [0, 0.1) is 5.92 Å². The summed E-state index contributed by atoms with van der Waals surface area (Å²) < 4.78 is 0. The van der Waals surface area contributed by atoms with Crippen molar-refractivity contribution in [1.82, 2.24) is 0 Å². The van der Waals surface area contributed by atoms with E-state index in [1.54, 1.807) is 6.92 Å². The number of hydrogen-bond donors (Lipinski definition) is 1. The Hall–Kier alpha value is -1.02. The first kappa shape index (κ1) is 13.4. The minimum absolute atomic E-state index is 0.372. The molecule has 0 aliphatic heterocycles. The zero-order valence-corrected chi connectivity index (χ0v) is 11.6. The summed E-state index contributed by atoms with van der Waals surface area (Å²) in [6.45, 7) is 2.97. The molecule has 1 aromatic carbocycles. The van der Waals surface area contributed by atoms with E-state index in [1.807, 2.05) is 12.1 Å². The van der Waals surface area contributed by atoms with Gasteiger partial charge in [0.1, 0.15) is 0 Å². The van der Waals surface area contributed by atoms with E-state index < -0.39 is 0 Å². The molecule has 1 N–H and O–H groups in total. The first-order chi connectivity index (χ1) is 8.66. The number of hydrogen-bond acceptors (Lipinski definition) is 2. The molecule has 2 rings (SSSR count). The van der Waals surface area contributed by atoms with Crippen LogP contribution < -0.4 is 4.90 Å². The molecule has 0 radical (unpaired) electrons. The van der Waals surface area contributed by atoms with Crippen molar-refractivity contribution >= 4 is 5.69 Å². The molecule has 1 aliphatic rings. The van der Waals surface area contributed by atoms with Gasteiger partial charge in [0.05, 0.1) is 6.10 Å². The van der Waals surface area contributed by atoms with E-state index in [0.717, 1.165) is 18.0 Å². The largest absolute Gasteiger partial charge is 0.389 e. The van der Waals surface area contributed by atoms with Crippen molar-refractivity contribution in [2.75, 3.05) is 18.5 Å². The van der Waals surface area contributed by atoms with E-state index in [1.165, 1.54) is 37.8 Å². The SMILES string of the molecule is C[C@H](O)c1ccc(N(C)CC2CCCCC2)cc1. The Morgan fingerprint density at radius 3 is 2.33 bits per heavy atom. The van der Waals surface area contributed by atoms with Gasteiger partial charge >= 0.3 is 0 Å². The maximum absolute atomic E-state index is 9.50. The van der Waals surface area contributed by atoms with Gasteiger partial charge in [-0.1, -0.05) is 31.4 Å². The van der Waals surface area contributed by atoms with Crippen LogP contribution in [-0.2, 0) is 0 Å². The molecule has 1 atom stereocenters. The first-order valence-electron chi connectivity index (χ1n) is 7.16. The zero-order chi connectivity index (χ0) is 13.0. The second kappa shape index (κ2) is 6.24. The van der Waals surface area contributed by atoms with E-state index in [9.17, 15) is 5.11 Å². The van der Waals surface area contributed by atoms with Crippen molar-refractivity contribution < 1.29 is 5.11 Å². The maximum Gasteiger partial charge on any atom is 0.0761 e. The summed E-state index contributed by atoms with van der Waals surface area (Å²) in [5.41, 5.74) is 2.25. The number of aliphatic hydroxyl groups is 1. The minimum Gasteiger partial charge on any atom is -0.389 e. The Morgan fingerprint density at radius 1 is 1.17 bits per heavy atom. The smallest absolute Gasteiger partial charge is 0.0761 e. The third kappa shape index (κ3) is 3.49. The molecule has 0 amide bonds. The average Bonchev–Trinajstić information content (AvgIpc) is 2.40. The Kier molecular flexibility index (Phi) is 4.65. The van der Waals surface area contributed by atoms with Gasteiger partial charge in [-0.25, -0.2) is 0 Å². The summed E-state index contributed by atoms with van der Waals surface area (Å²) in [6, 6.07) is 8.28. The highest BCUT2D eigenvalue weighted by molar-refractivity contribution is 5.47. The van der Waals surface area contributed by atoms with Crippen molar-refractivity contribution in [3.8, 4) is 0 Å². The summed E-state index contributed by atoms with van der Waals surface area (Å²) >= 11 is 0. The highest BCUT2D eigenvalue weighted by Gasteiger charge is 2.15. The predicted octanol–water partition coefficient (Wildman–Crippen LogP) is 3.76. The minimum atomic E-state index is -0.372. The van der Waals surface area contributed by atoms with Crippen LogP contribution in [0.5, 0.6) is 0 Å². The summed E-state index contributed by atoms with van der Waals surface area (Å²) in [5, 5.41) is 9.50. The quantitative estimate of drug-likeness (QED) is 0.875. The van der Waals surface area contributed by atoms with E-state index in [4.69, 9.17) is 0 Å². The van der Waals surface area contributed by atoms with E-state index in [0.29, 0.717) is 0 Å². The molecule has 1 aromatic rings. The van der Waals surface area contributed by atoms with Crippen LogP contribution in [0.3, 0.4) is 0 Å². The van der Waals surface area contributed by atoms with Crippen LogP contribution in [0.4, 0.5) is 5.69 Å². The second-order valence-electron chi connectivity index (χ2n) is 5.65. The number of aliphatic hydroxyl groups excluding tert-OH is 1. The van der Waals surface area contributed by atoms with Crippen molar-refractivity contribution in [2.45, 2.75) is 45.1 Å². The van der Waals surface area contributed by atoms with Crippen molar-refractivity contribution in [3.63, 3.8) is 0 Å².